The van der Waals surface area contributed by atoms with Crippen molar-refractivity contribution in [2.75, 3.05) is 31.1 Å². The summed E-state index contributed by atoms with van der Waals surface area (Å²) < 4.78 is 0. The van der Waals surface area contributed by atoms with Gasteiger partial charge >= 0.3 is 0 Å². The summed E-state index contributed by atoms with van der Waals surface area (Å²) in [7, 11) is 0. The Kier molecular flexibility index (Phi) is 9.35. The van der Waals surface area contributed by atoms with E-state index in [9.17, 15) is 4.79 Å². The average molecular weight is 487 g/mol. The van der Waals surface area contributed by atoms with E-state index >= 15 is 0 Å². The fourth-order valence-electron chi connectivity index (χ4n) is 3.13. The summed E-state index contributed by atoms with van der Waals surface area (Å²) >= 11 is 0. The first-order valence-electron chi connectivity index (χ1n) is 9.48. The van der Waals surface area contributed by atoms with Gasteiger partial charge in [-0.1, -0.05) is 18.2 Å². The third-order valence-electron chi connectivity index (χ3n) is 4.26. The third-order valence-corrected chi connectivity index (χ3v) is 4.26. The van der Waals surface area contributed by atoms with E-state index in [1.54, 1.807) is 0 Å². The summed E-state index contributed by atoms with van der Waals surface area (Å²) in [6, 6.07) is 8.93. The first-order chi connectivity index (χ1) is 12.3. The van der Waals surface area contributed by atoms with Crippen LogP contribution in [0.1, 0.15) is 40.2 Å². The van der Waals surface area contributed by atoms with Crippen LogP contribution in [0.25, 0.3) is 0 Å². The number of nitrogens with one attached hydrogen (secondary N) is 3. The summed E-state index contributed by atoms with van der Waals surface area (Å²) in [6.07, 6.45) is 1.10. The van der Waals surface area contributed by atoms with Gasteiger partial charge < -0.3 is 20.9 Å². The number of halogens is 1. The minimum Gasteiger partial charge on any atom is -0.366 e. The van der Waals surface area contributed by atoms with Crippen LogP contribution < -0.4 is 20.9 Å². The maximum atomic E-state index is 12.0. The standard InChI is InChI=1S/C20H33N5O.HI/c1-6-21-19(23-14-18(26)24-20(3,4)5)22-13-15(2)25-12-11-16-9-7-8-10-17(16)25;/h7-10,15H,6,11-14H2,1-5H3,(H,24,26)(H2,21,22,23);1H. The highest BCUT2D eigenvalue weighted by Gasteiger charge is 2.22. The molecule has 1 aromatic rings. The molecule has 0 fully saturated rings. The molecule has 0 bridgehead atoms. The Morgan fingerprint density at radius 3 is 2.63 bits per heavy atom. The minimum atomic E-state index is -0.240. The zero-order valence-corrected chi connectivity index (χ0v) is 19.5. The molecule has 2 rings (SSSR count). The predicted octanol–water partition coefficient (Wildman–Crippen LogP) is 2.53. The Morgan fingerprint density at radius 2 is 1.96 bits per heavy atom. The number of aliphatic imine (C=N–C) groups is 1. The second kappa shape index (κ2) is 10.7. The highest BCUT2D eigenvalue weighted by molar-refractivity contribution is 14.0. The number of rotatable bonds is 6. The monoisotopic (exact) mass is 487 g/mol. The molecule has 1 aliphatic heterocycles. The number of hydrogen-bond donors (Lipinski definition) is 3. The molecular formula is C20H34IN5O. The summed E-state index contributed by atoms with van der Waals surface area (Å²) in [5.41, 5.74) is 2.50. The quantitative estimate of drug-likeness (QED) is 0.328. The number of anilines is 1. The van der Waals surface area contributed by atoms with Gasteiger partial charge in [-0.2, -0.15) is 0 Å². The molecule has 152 valence electrons. The van der Waals surface area contributed by atoms with E-state index in [4.69, 9.17) is 0 Å². The average Bonchev–Trinajstić information content (AvgIpc) is 2.99. The van der Waals surface area contributed by atoms with Crippen molar-refractivity contribution < 1.29 is 4.79 Å². The molecule has 1 heterocycles. The van der Waals surface area contributed by atoms with Crippen molar-refractivity contribution in [2.24, 2.45) is 4.99 Å². The number of fused-ring (bicyclic) bond motifs is 1. The zero-order chi connectivity index (χ0) is 19.2. The van der Waals surface area contributed by atoms with Crippen molar-refractivity contribution in [2.45, 2.75) is 52.6 Å². The number of hydrogen-bond acceptors (Lipinski definition) is 3. The van der Waals surface area contributed by atoms with Crippen LogP contribution >= 0.6 is 24.0 Å². The topological polar surface area (TPSA) is 68.8 Å². The smallest absolute Gasteiger partial charge is 0.242 e. The Hall–Kier alpha value is -1.51. The van der Waals surface area contributed by atoms with E-state index in [-0.39, 0.29) is 42.0 Å². The summed E-state index contributed by atoms with van der Waals surface area (Å²) in [4.78, 5) is 18.8. The minimum absolute atomic E-state index is 0. The molecule has 6 nitrogen and oxygen atoms in total. The van der Waals surface area contributed by atoms with Crippen LogP contribution in [-0.2, 0) is 11.2 Å². The van der Waals surface area contributed by atoms with Crippen molar-refractivity contribution in [3.05, 3.63) is 29.8 Å². The lowest BCUT2D eigenvalue weighted by atomic mass is 10.1. The molecule has 0 spiro atoms. The van der Waals surface area contributed by atoms with Crippen LogP contribution in [0, 0.1) is 0 Å². The van der Waals surface area contributed by atoms with Gasteiger partial charge in [-0.3, -0.25) is 4.79 Å². The Bertz CT molecular complexity index is 642. The maximum Gasteiger partial charge on any atom is 0.242 e. The predicted molar refractivity (Wildman–Crippen MR) is 124 cm³/mol. The van der Waals surface area contributed by atoms with Crippen LogP contribution in [0.15, 0.2) is 29.3 Å². The molecule has 1 unspecified atom stereocenters. The fraction of sp³-hybridized carbons (Fsp3) is 0.600. The lowest BCUT2D eigenvalue weighted by Gasteiger charge is -2.28. The SMILES string of the molecule is CCNC(=NCC(=O)NC(C)(C)C)NCC(C)N1CCc2ccccc21.I. The zero-order valence-electron chi connectivity index (χ0n) is 17.1. The van der Waals surface area contributed by atoms with E-state index in [0.717, 1.165) is 26.1 Å². The molecule has 27 heavy (non-hydrogen) atoms. The first-order valence-corrected chi connectivity index (χ1v) is 9.48. The van der Waals surface area contributed by atoms with Crippen molar-refractivity contribution in [1.29, 1.82) is 0 Å². The molecule has 0 radical (unpaired) electrons. The van der Waals surface area contributed by atoms with Crippen LogP contribution in [0.4, 0.5) is 5.69 Å². The lowest BCUT2D eigenvalue weighted by molar-refractivity contribution is -0.121. The largest absolute Gasteiger partial charge is 0.366 e. The van der Waals surface area contributed by atoms with Gasteiger partial charge in [0.1, 0.15) is 6.54 Å². The van der Waals surface area contributed by atoms with E-state index in [1.165, 1.54) is 11.3 Å². The van der Waals surface area contributed by atoms with E-state index < -0.39 is 0 Å². The molecule has 0 aromatic heterocycles. The molecule has 1 atom stereocenters. The van der Waals surface area contributed by atoms with Gasteiger partial charge in [-0.05, 0) is 52.7 Å². The molecule has 0 saturated heterocycles. The normalized spacial score (nSPS) is 14.9. The van der Waals surface area contributed by atoms with Gasteiger partial charge in [0.05, 0.1) is 0 Å². The number of nitrogens with zero attached hydrogens (tertiary/aromatic N) is 2. The number of para-hydroxylation sites is 1. The molecule has 1 amide bonds. The summed E-state index contributed by atoms with van der Waals surface area (Å²) in [5.74, 6) is 0.604. The molecular weight excluding hydrogens is 453 g/mol. The molecule has 3 N–H and O–H groups in total. The number of carbonyl (C=O) groups excluding carboxylic acids is 1. The Morgan fingerprint density at radius 1 is 1.26 bits per heavy atom. The van der Waals surface area contributed by atoms with Gasteiger partial charge in [-0.15, -0.1) is 24.0 Å². The van der Waals surface area contributed by atoms with Crippen molar-refractivity contribution in [3.8, 4) is 0 Å². The van der Waals surface area contributed by atoms with Crippen LogP contribution in [0.5, 0.6) is 0 Å². The summed E-state index contributed by atoms with van der Waals surface area (Å²) in [6.45, 7) is 12.8. The lowest BCUT2D eigenvalue weighted by Crippen LogP contribution is -2.46. The van der Waals surface area contributed by atoms with E-state index in [1.807, 2.05) is 27.7 Å². The highest BCUT2D eigenvalue weighted by Crippen LogP contribution is 2.28. The van der Waals surface area contributed by atoms with Gasteiger partial charge in [0.2, 0.25) is 5.91 Å². The van der Waals surface area contributed by atoms with Crippen molar-refractivity contribution >= 4 is 41.5 Å². The van der Waals surface area contributed by atoms with Crippen LogP contribution in [-0.4, -0.2) is 49.6 Å². The summed E-state index contributed by atoms with van der Waals surface area (Å²) in [5, 5.41) is 9.50. The van der Waals surface area contributed by atoms with Gasteiger partial charge in [-0.25, -0.2) is 4.99 Å². The Balaban J connectivity index is 0.00000364. The van der Waals surface area contributed by atoms with Crippen LogP contribution in [0.3, 0.4) is 0 Å². The van der Waals surface area contributed by atoms with Crippen molar-refractivity contribution in [1.82, 2.24) is 16.0 Å². The highest BCUT2D eigenvalue weighted by atomic mass is 127. The second-order valence-corrected chi connectivity index (χ2v) is 7.80. The number of carbonyl (C=O) groups is 1. The van der Waals surface area contributed by atoms with Gasteiger partial charge in [0.15, 0.2) is 5.96 Å². The second-order valence-electron chi connectivity index (χ2n) is 7.80. The third kappa shape index (κ3) is 7.56. The molecule has 0 saturated carbocycles. The fourth-order valence-corrected chi connectivity index (χ4v) is 3.13. The van der Waals surface area contributed by atoms with Crippen LogP contribution in [0.2, 0.25) is 0 Å². The molecule has 1 aromatic carbocycles. The van der Waals surface area contributed by atoms with Crippen molar-refractivity contribution in [3.63, 3.8) is 0 Å². The molecule has 0 aliphatic carbocycles. The first kappa shape index (κ1) is 23.5. The molecule has 1 aliphatic rings. The van der Waals surface area contributed by atoms with Gasteiger partial charge in [0, 0.05) is 36.9 Å². The maximum absolute atomic E-state index is 12.0. The van der Waals surface area contributed by atoms with E-state index in [0.29, 0.717) is 12.0 Å². The number of guanidine groups is 1. The van der Waals surface area contributed by atoms with Gasteiger partial charge in [0.25, 0.3) is 0 Å². The van der Waals surface area contributed by atoms with E-state index in [2.05, 4.69) is 57.0 Å². The Labute approximate surface area is 180 Å². The number of amides is 1. The number of benzene rings is 1. The molecule has 7 heteroatoms.